The van der Waals surface area contributed by atoms with Gasteiger partial charge >= 0.3 is 0 Å². The van der Waals surface area contributed by atoms with Crippen LogP contribution in [0, 0.1) is 0 Å². The van der Waals surface area contributed by atoms with Gasteiger partial charge in [-0.2, -0.15) is 0 Å². The minimum Gasteiger partial charge on any atom is -0.493 e. The number of methoxy groups -OCH3 is 2. The van der Waals surface area contributed by atoms with Crippen LogP contribution < -0.4 is 9.47 Å². The molecule has 0 aliphatic carbocycles. The number of benzene rings is 1. The summed E-state index contributed by atoms with van der Waals surface area (Å²) < 4.78 is 10.5. The number of carbonyl (C=O) groups is 1. The molecule has 1 aromatic carbocycles. The molecule has 0 aliphatic heterocycles. The lowest BCUT2D eigenvalue weighted by atomic mass is 10.2. The molecule has 0 aliphatic rings. The molecule has 0 aromatic heterocycles. The zero-order valence-corrected chi connectivity index (χ0v) is 13.6. The van der Waals surface area contributed by atoms with Gasteiger partial charge in [-0.1, -0.05) is 38.9 Å². The molecule has 3 nitrogen and oxygen atoms in total. The second kappa shape index (κ2) is 6.75. The normalized spacial score (nSPS) is 11.2. The van der Waals surface area contributed by atoms with Crippen molar-refractivity contribution in [2.45, 2.75) is 38.9 Å². The molecule has 0 fully saturated rings. The van der Waals surface area contributed by atoms with Crippen molar-refractivity contribution < 1.29 is 14.3 Å². The lowest BCUT2D eigenvalue weighted by Gasteiger charge is -2.26. The van der Waals surface area contributed by atoms with Crippen molar-refractivity contribution in [2.24, 2.45) is 0 Å². The summed E-state index contributed by atoms with van der Waals surface area (Å²) in [4.78, 5) is 12.8. The Bertz CT molecular complexity index is 431. The van der Waals surface area contributed by atoms with E-state index in [1.165, 1.54) is 0 Å². The quantitative estimate of drug-likeness (QED) is 0.710. The van der Waals surface area contributed by atoms with Crippen molar-refractivity contribution in [1.29, 1.82) is 0 Å². The predicted molar refractivity (Wildman–Crippen MR) is 81.1 cm³/mol. The highest BCUT2D eigenvalue weighted by molar-refractivity contribution is 7.07. The average molecular weight is 280 g/mol. The highest BCUT2D eigenvalue weighted by Crippen LogP contribution is 2.31. The van der Waals surface area contributed by atoms with Crippen LogP contribution in [0.15, 0.2) is 18.2 Å². The number of hydrogen-bond acceptors (Lipinski definition) is 3. The van der Waals surface area contributed by atoms with E-state index in [1.54, 1.807) is 14.2 Å². The van der Waals surface area contributed by atoms with E-state index in [2.05, 4.69) is 20.8 Å². The number of ether oxygens (including phenoxy) is 2. The minimum absolute atomic E-state index is 0.334. The fraction of sp³-hybridized carbons (Fsp3) is 0.533. The molecule has 19 heavy (non-hydrogen) atoms. The van der Waals surface area contributed by atoms with Crippen molar-refractivity contribution in [1.82, 2.24) is 0 Å². The molecule has 4 heteroatoms. The molecule has 0 saturated heterocycles. The Balaban J connectivity index is 3.19. The molecular formula is C15H24O3Si. The van der Waals surface area contributed by atoms with Crippen LogP contribution in [-0.4, -0.2) is 27.7 Å². The molecule has 0 N–H and O–H groups in total. The summed E-state index contributed by atoms with van der Waals surface area (Å²) in [6.45, 7) is 6.41. The van der Waals surface area contributed by atoms with Crippen molar-refractivity contribution in [2.75, 3.05) is 14.2 Å². The molecule has 1 rings (SSSR count). The van der Waals surface area contributed by atoms with Gasteiger partial charge in [0.05, 0.1) is 14.2 Å². The summed E-state index contributed by atoms with van der Waals surface area (Å²) >= 11 is 0. The minimum atomic E-state index is -1.86. The molecule has 0 amide bonds. The third kappa shape index (κ3) is 3.00. The van der Waals surface area contributed by atoms with E-state index in [1.807, 2.05) is 18.2 Å². The number of hydrogen-bond donors (Lipinski definition) is 0. The smallest absolute Gasteiger partial charge is 0.161 e. The van der Waals surface area contributed by atoms with Crippen molar-refractivity contribution >= 4 is 13.5 Å². The summed E-state index contributed by atoms with van der Waals surface area (Å²) in [6, 6.07) is 8.45. The fourth-order valence-electron chi connectivity index (χ4n) is 2.52. The van der Waals surface area contributed by atoms with Gasteiger partial charge in [-0.15, -0.1) is 0 Å². The summed E-state index contributed by atoms with van der Waals surface area (Å²) in [6.07, 6.45) is 0. The maximum absolute atomic E-state index is 12.8. The third-order valence-corrected chi connectivity index (χ3v) is 9.47. The van der Waals surface area contributed by atoms with Crippen LogP contribution in [0.25, 0.3) is 0 Å². The first-order chi connectivity index (χ1) is 9.08. The van der Waals surface area contributed by atoms with Gasteiger partial charge in [0.2, 0.25) is 0 Å². The van der Waals surface area contributed by atoms with Crippen molar-refractivity contribution in [3.05, 3.63) is 23.8 Å². The summed E-state index contributed by atoms with van der Waals surface area (Å²) in [7, 11) is 1.33. The van der Waals surface area contributed by atoms with Gasteiger partial charge in [0.15, 0.2) is 11.5 Å². The highest BCUT2D eigenvalue weighted by Gasteiger charge is 2.36. The van der Waals surface area contributed by atoms with E-state index in [0.29, 0.717) is 16.9 Å². The lowest BCUT2D eigenvalue weighted by Crippen LogP contribution is -2.42. The Labute approximate surface area is 116 Å². The van der Waals surface area contributed by atoms with Gasteiger partial charge in [-0.05, 0) is 18.2 Å². The first kappa shape index (κ1) is 15.8. The maximum atomic E-state index is 12.8. The van der Waals surface area contributed by atoms with E-state index in [0.717, 1.165) is 23.7 Å². The van der Waals surface area contributed by atoms with E-state index in [-0.39, 0.29) is 0 Å². The van der Waals surface area contributed by atoms with Crippen LogP contribution in [0.3, 0.4) is 0 Å². The van der Waals surface area contributed by atoms with Crippen LogP contribution >= 0.6 is 0 Å². The monoisotopic (exact) mass is 280 g/mol. The van der Waals surface area contributed by atoms with Gasteiger partial charge in [-0.3, -0.25) is 0 Å². The van der Waals surface area contributed by atoms with Gasteiger partial charge in [0.25, 0.3) is 0 Å². The van der Waals surface area contributed by atoms with Crippen LogP contribution in [0.2, 0.25) is 18.1 Å². The van der Waals surface area contributed by atoms with Crippen molar-refractivity contribution in [3.8, 4) is 11.5 Å². The van der Waals surface area contributed by atoms with Gasteiger partial charge in [0, 0.05) is 5.56 Å². The first-order valence-electron chi connectivity index (χ1n) is 6.85. The number of rotatable bonds is 7. The Kier molecular flexibility index (Phi) is 5.60. The van der Waals surface area contributed by atoms with E-state index in [9.17, 15) is 4.79 Å². The molecular weight excluding hydrogens is 256 g/mol. The molecule has 0 radical (unpaired) electrons. The number of carbonyl (C=O) groups excluding carboxylic acids is 1. The molecule has 0 spiro atoms. The van der Waals surface area contributed by atoms with Gasteiger partial charge < -0.3 is 14.3 Å². The maximum Gasteiger partial charge on any atom is 0.161 e. The largest absolute Gasteiger partial charge is 0.493 e. The first-order valence-corrected chi connectivity index (χ1v) is 9.47. The van der Waals surface area contributed by atoms with E-state index < -0.39 is 8.07 Å². The Morgan fingerprint density at radius 3 is 1.95 bits per heavy atom. The lowest BCUT2D eigenvalue weighted by molar-refractivity contribution is 0.106. The van der Waals surface area contributed by atoms with E-state index >= 15 is 0 Å². The Morgan fingerprint density at radius 2 is 1.53 bits per heavy atom. The van der Waals surface area contributed by atoms with Crippen LogP contribution in [-0.2, 0) is 0 Å². The molecule has 0 heterocycles. The zero-order chi connectivity index (χ0) is 14.5. The van der Waals surface area contributed by atoms with Crippen LogP contribution in [0.5, 0.6) is 11.5 Å². The van der Waals surface area contributed by atoms with Crippen LogP contribution in [0.1, 0.15) is 31.1 Å². The molecule has 1 aromatic rings. The third-order valence-electron chi connectivity index (χ3n) is 4.16. The summed E-state index contributed by atoms with van der Waals surface area (Å²) in [5, 5.41) is 0.334. The molecule has 0 atom stereocenters. The second-order valence-corrected chi connectivity index (χ2v) is 9.88. The molecule has 106 valence electrons. The van der Waals surface area contributed by atoms with E-state index in [4.69, 9.17) is 9.47 Å². The summed E-state index contributed by atoms with van der Waals surface area (Å²) in [5.74, 6) is 1.29. The fourth-order valence-corrected chi connectivity index (χ4v) is 5.75. The van der Waals surface area contributed by atoms with Gasteiger partial charge in [-0.25, -0.2) is 0 Å². The summed E-state index contributed by atoms with van der Waals surface area (Å²) in [5.41, 5.74) is 0.759. The standard InChI is InChI=1S/C15H24O3Si/c1-6-19(7-2,8-3)15(16)12-9-10-13(17-4)14(11-12)18-5/h9-11H,6-8H2,1-5H3. The SMILES string of the molecule is CC[Si](CC)(CC)C(=O)c1ccc(OC)c(OC)c1. The molecule has 0 bridgehead atoms. The van der Waals surface area contributed by atoms with Crippen LogP contribution in [0.4, 0.5) is 0 Å². The average Bonchev–Trinajstić information content (AvgIpc) is 2.48. The second-order valence-electron chi connectivity index (χ2n) is 4.74. The molecule has 0 unspecified atom stereocenters. The Morgan fingerprint density at radius 1 is 1.00 bits per heavy atom. The highest BCUT2D eigenvalue weighted by atomic mass is 28.3. The van der Waals surface area contributed by atoms with Crippen molar-refractivity contribution in [3.63, 3.8) is 0 Å². The topological polar surface area (TPSA) is 35.5 Å². The predicted octanol–water partition coefficient (Wildman–Crippen LogP) is 3.93. The Hall–Kier alpha value is -1.29. The molecule has 0 saturated carbocycles. The zero-order valence-electron chi connectivity index (χ0n) is 12.6. The van der Waals surface area contributed by atoms with Gasteiger partial charge in [0.1, 0.15) is 13.5 Å².